The van der Waals surface area contributed by atoms with Crippen molar-refractivity contribution in [1.29, 1.82) is 0 Å². The van der Waals surface area contributed by atoms with E-state index in [0.717, 1.165) is 18.1 Å². The average Bonchev–Trinajstić information content (AvgIpc) is 3.35. The zero-order valence-corrected chi connectivity index (χ0v) is 18.0. The Morgan fingerprint density at radius 1 is 1.22 bits per heavy atom. The number of esters is 1. The van der Waals surface area contributed by atoms with Crippen LogP contribution in [0.5, 0.6) is 0 Å². The number of hydrogen-bond acceptors (Lipinski definition) is 6. The van der Waals surface area contributed by atoms with Gasteiger partial charge in [0.25, 0.3) is 0 Å². The van der Waals surface area contributed by atoms with Gasteiger partial charge in [0.15, 0.2) is 5.13 Å². The van der Waals surface area contributed by atoms with Crippen molar-refractivity contribution < 1.29 is 9.53 Å². The number of hydrogen-bond donors (Lipinski definition) is 0. The predicted octanol–water partition coefficient (Wildman–Crippen LogP) is 5.77. The Hall–Kier alpha value is -1.40. The Balaban J connectivity index is 1.71. The molecule has 0 amide bonds. The van der Waals surface area contributed by atoms with Crippen LogP contribution in [-0.4, -0.2) is 24.1 Å². The second-order valence-electron chi connectivity index (χ2n) is 7.09. The Bertz CT molecular complexity index is 719. The molecule has 0 unspecified atom stereocenters. The SMILES string of the molecule is CCOC(=O)CCN(Cc1ccc(CC)s1)c1nc(C2CCCCC2)cs1. The Labute approximate surface area is 170 Å². The summed E-state index contributed by atoms with van der Waals surface area (Å²) in [5.74, 6) is 0.482. The van der Waals surface area contributed by atoms with Crippen molar-refractivity contribution in [2.24, 2.45) is 0 Å². The van der Waals surface area contributed by atoms with Gasteiger partial charge >= 0.3 is 5.97 Å². The van der Waals surface area contributed by atoms with Crippen LogP contribution in [0.2, 0.25) is 0 Å². The number of ether oxygens (including phenoxy) is 1. The van der Waals surface area contributed by atoms with Crippen LogP contribution in [-0.2, 0) is 22.5 Å². The molecule has 0 bridgehead atoms. The van der Waals surface area contributed by atoms with Crippen LogP contribution in [0.4, 0.5) is 5.13 Å². The molecule has 2 aromatic heterocycles. The third-order valence-corrected chi connectivity index (χ3v) is 7.24. The highest BCUT2D eigenvalue weighted by Gasteiger charge is 2.21. The molecule has 2 heterocycles. The standard InChI is InChI=1S/C21H30N2O2S2/c1-3-17-10-11-18(27-17)14-23(13-12-20(24)25-4-2)21-22-19(15-26-21)16-8-6-5-7-9-16/h10-11,15-16H,3-9,12-14H2,1-2H3. The van der Waals surface area contributed by atoms with E-state index in [1.807, 2.05) is 18.3 Å². The normalized spacial score (nSPS) is 15.0. The van der Waals surface area contributed by atoms with E-state index in [4.69, 9.17) is 9.72 Å². The summed E-state index contributed by atoms with van der Waals surface area (Å²) in [7, 11) is 0. The van der Waals surface area contributed by atoms with Crippen LogP contribution >= 0.6 is 22.7 Å². The molecule has 1 fully saturated rings. The Morgan fingerprint density at radius 2 is 2.00 bits per heavy atom. The van der Waals surface area contributed by atoms with E-state index >= 15 is 0 Å². The zero-order valence-electron chi connectivity index (χ0n) is 16.4. The summed E-state index contributed by atoms with van der Waals surface area (Å²) in [6.45, 7) is 5.93. The molecule has 6 heteroatoms. The Morgan fingerprint density at radius 3 is 2.70 bits per heavy atom. The number of thiophene rings is 1. The fourth-order valence-corrected chi connectivity index (χ4v) is 5.50. The number of aryl methyl sites for hydroxylation is 1. The molecule has 0 radical (unpaired) electrons. The zero-order chi connectivity index (χ0) is 19.1. The number of carbonyl (C=O) groups is 1. The first-order valence-corrected chi connectivity index (χ1v) is 11.8. The smallest absolute Gasteiger partial charge is 0.307 e. The van der Waals surface area contributed by atoms with Crippen molar-refractivity contribution >= 4 is 33.8 Å². The molecule has 148 valence electrons. The highest BCUT2D eigenvalue weighted by atomic mass is 32.1. The van der Waals surface area contributed by atoms with Gasteiger partial charge in [-0.2, -0.15) is 0 Å². The summed E-state index contributed by atoms with van der Waals surface area (Å²) >= 11 is 3.57. The van der Waals surface area contributed by atoms with E-state index in [1.165, 1.54) is 47.6 Å². The largest absolute Gasteiger partial charge is 0.466 e. The minimum Gasteiger partial charge on any atom is -0.466 e. The summed E-state index contributed by atoms with van der Waals surface area (Å²) in [5.41, 5.74) is 1.25. The first kappa shape index (κ1) is 20.3. The lowest BCUT2D eigenvalue weighted by Crippen LogP contribution is -2.26. The van der Waals surface area contributed by atoms with Crippen LogP contribution in [0.3, 0.4) is 0 Å². The summed E-state index contributed by atoms with van der Waals surface area (Å²) in [5, 5.41) is 3.26. The number of nitrogens with zero attached hydrogens (tertiary/aromatic N) is 2. The number of carbonyl (C=O) groups excluding carboxylic acids is 1. The van der Waals surface area contributed by atoms with Gasteiger partial charge in [-0.1, -0.05) is 26.2 Å². The fraction of sp³-hybridized carbons (Fsp3) is 0.619. The fourth-order valence-electron chi connectivity index (χ4n) is 3.59. The van der Waals surface area contributed by atoms with Crippen molar-refractivity contribution in [1.82, 2.24) is 4.98 Å². The van der Waals surface area contributed by atoms with Gasteiger partial charge in [-0.3, -0.25) is 4.79 Å². The maximum atomic E-state index is 11.9. The molecule has 1 aliphatic carbocycles. The second kappa shape index (κ2) is 10.2. The van der Waals surface area contributed by atoms with Crippen molar-refractivity contribution in [3.63, 3.8) is 0 Å². The summed E-state index contributed by atoms with van der Waals surface area (Å²) < 4.78 is 5.12. The number of thiazole rings is 1. The molecule has 0 N–H and O–H groups in total. The molecule has 4 nitrogen and oxygen atoms in total. The molecule has 1 saturated carbocycles. The number of rotatable bonds is 9. The number of aromatic nitrogens is 1. The lowest BCUT2D eigenvalue weighted by atomic mass is 9.87. The lowest BCUT2D eigenvalue weighted by molar-refractivity contribution is -0.142. The quantitative estimate of drug-likeness (QED) is 0.495. The van der Waals surface area contributed by atoms with E-state index in [0.29, 0.717) is 25.5 Å². The second-order valence-corrected chi connectivity index (χ2v) is 9.18. The first-order valence-electron chi connectivity index (χ1n) is 10.1. The van der Waals surface area contributed by atoms with Crippen LogP contribution in [0, 0.1) is 0 Å². The third-order valence-electron chi connectivity index (χ3n) is 5.11. The van der Waals surface area contributed by atoms with Gasteiger partial charge in [0.1, 0.15) is 0 Å². The van der Waals surface area contributed by atoms with E-state index in [1.54, 1.807) is 11.3 Å². The van der Waals surface area contributed by atoms with Gasteiger partial charge < -0.3 is 9.64 Å². The third kappa shape index (κ3) is 5.79. The molecule has 3 rings (SSSR count). The van der Waals surface area contributed by atoms with Crippen molar-refractivity contribution in [2.45, 2.75) is 71.3 Å². The number of anilines is 1. The highest BCUT2D eigenvalue weighted by Crippen LogP contribution is 2.35. The maximum Gasteiger partial charge on any atom is 0.307 e. The lowest BCUT2D eigenvalue weighted by Gasteiger charge is -2.22. The van der Waals surface area contributed by atoms with Crippen molar-refractivity contribution in [3.8, 4) is 0 Å². The summed E-state index contributed by atoms with van der Waals surface area (Å²) in [4.78, 5) is 21.8. The monoisotopic (exact) mass is 406 g/mol. The molecule has 2 aromatic rings. The van der Waals surface area contributed by atoms with Crippen LogP contribution in [0.1, 0.15) is 73.7 Å². The molecule has 0 saturated heterocycles. The molecule has 0 aliphatic heterocycles. The molecule has 27 heavy (non-hydrogen) atoms. The molecule has 1 aliphatic rings. The van der Waals surface area contributed by atoms with E-state index in [-0.39, 0.29) is 5.97 Å². The van der Waals surface area contributed by atoms with Crippen molar-refractivity contribution in [2.75, 3.05) is 18.1 Å². The average molecular weight is 407 g/mol. The minimum atomic E-state index is -0.132. The minimum absolute atomic E-state index is 0.132. The first-order chi connectivity index (χ1) is 13.2. The Kier molecular flexibility index (Phi) is 7.70. The predicted molar refractivity (Wildman–Crippen MR) is 114 cm³/mol. The van der Waals surface area contributed by atoms with Gasteiger partial charge in [-0.15, -0.1) is 22.7 Å². The van der Waals surface area contributed by atoms with Gasteiger partial charge in [0.05, 0.1) is 25.3 Å². The summed E-state index contributed by atoms with van der Waals surface area (Å²) in [6, 6.07) is 4.41. The molecular weight excluding hydrogens is 376 g/mol. The van der Waals surface area contributed by atoms with E-state index < -0.39 is 0 Å². The van der Waals surface area contributed by atoms with Crippen LogP contribution in [0.15, 0.2) is 17.5 Å². The van der Waals surface area contributed by atoms with Gasteiger partial charge in [0, 0.05) is 27.6 Å². The van der Waals surface area contributed by atoms with E-state index in [2.05, 4.69) is 29.3 Å². The highest BCUT2D eigenvalue weighted by molar-refractivity contribution is 7.14. The van der Waals surface area contributed by atoms with Crippen molar-refractivity contribution in [3.05, 3.63) is 33.0 Å². The van der Waals surface area contributed by atoms with Gasteiger partial charge in [-0.25, -0.2) is 4.98 Å². The van der Waals surface area contributed by atoms with Gasteiger partial charge in [0.2, 0.25) is 0 Å². The van der Waals surface area contributed by atoms with Gasteiger partial charge in [-0.05, 0) is 38.3 Å². The molecule has 0 spiro atoms. The maximum absolute atomic E-state index is 11.9. The topological polar surface area (TPSA) is 42.4 Å². The van der Waals surface area contributed by atoms with E-state index in [9.17, 15) is 4.79 Å². The molecule has 0 atom stereocenters. The molecule has 0 aromatic carbocycles. The summed E-state index contributed by atoms with van der Waals surface area (Å²) in [6.07, 6.45) is 7.98. The van der Waals surface area contributed by atoms with Crippen LogP contribution in [0.25, 0.3) is 0 Å². The van der Waals surface area contributed by atoms with Crippen LogP contribution < -0.4 is 4.90 Å². The molecular formula is C21H30N2O2S2.